The average Bonchev–Trinajstić information content (AvgIpc) is 2.25. The number of esters is 1. The molecule has 7 nitrogen and oxygen atoms in total. The molecular formula is C11H16N4O3. The number of carbonyl (C=O) groups excluding carboxylic acids is 2. The Labute approximate surface area is 105 Å². The van der Waals surface area contributed by atoms with Crippen LogP contribution in [0.25, 0.3) is 0 Å². The molecule has 0 aliphatic carbocycles. The van der Waals surface area contributed by atoms with Gasteiger partial charge in [-0.1, -0.05) is 0 Å². The molecule has 0 aromatic carbocycles. The molecule has 1 aromatic rings. The van der Waals surface area contributed by atoms with E-state index in [4.69, 9.17) is 11.5 Å². The highest BCUT2D eigenvalue weighted by atomic mass is 16.5. The van der Waals surface area contributed by atoms with E-state index in [9.17, 15) is 9.59 Å². The summed E-state index contributed by atoms with van der Waals surface area (Å²) in [5.74, 6) is -0.822. The van der Waals surface area contributed by atoms with Crippen molar-refractivity contribution in [2.24, 2.45) is 0 Å². The number of nitrogens with zero attached hydrogens (tertiary/aromatic N) is 2. The lowest BCUT2D eigenvalue weighted by Crippen LogP contribution is -2.42. The van der Waals surface area contributed by atoms with Crippen molar-refractivity contribution >= 4 is 23.4 Å². The first kappa shape index (κ1) is 13.9. The number of anilines is 2. The summed E-state index contributed by atoms with van der Waals surface area (Å²) in [6.45, 7) is 4.26. The van der Waals surface area contributed by atoms with E-state index >= 15 is 0 Å². The maximum atomic E-state index is 11.9. The minimum absolute atomic E-state index is 0.00287. The van der Waals surface area contributed by atoms with Crippen LogP contribution >= 0.6 is 0 Å². The van der Waals surface area contributed by atoms with Crippen molar-refractivity contribution in [3.05, 3.63) is 11.4 Å². The third-order valence-electron chi connectivity index (χ3n) is 2.87. The molecular weight excluding hydrogens is 236 g/mol. The molecule has 0 saturated heterocycles. The standard InChI is InChI=1S/C11H16N4O3/c1-5(16)11(3,10(17)18-4)7-8(12)14-6(2)15-9(7)13/h1-4H3,(H4,12,13,14,15). The van der Waals surface area contributed by atoms with E-state index in [1.54, 1.807) is 6.92 Å². The minimum Gasteiger partial charge on any atom is -0.468 e. The Kier molecular flexibility index (Phi) is 3.54. The SMILES string of the molecule is COC(=O)C(C)(C(C)=O)c1c(N)nc(C)nc1N. The van der Waals surface area contributed by atoms with Crippen molar-refractivity contribution in [3.63, 3.8) is 0 Å². The number of aromatic nitrogens is 2. The predicted octanol–water partition coefficient (Wildman–Crippen LogP) is -0.0309. The summed E-state index contributed by atoms with van der Waals surface area (Å²) in [7, 11) is 1.19. The van der Waals surface area contributed by atoms with E-state index in [0.717, 1.165) is 0 Å². The van der Waals surface area contributed by atoms with Gasteiger partial charge in [0.15, 0.2) is 11.2 Å². The van der Waals surface area contributed by atoms with Gasteiger partial charge in [0.1, 0.15) is 17.5 Å². The molecule has 0 aliphatic heterocycles. The van der Waals surface area contributed by atoms with E-state index in [0.29, 0.717) is 5.82 Å². The molecule has 1 heterocycles. The fourth-order valence-corrected chi connectivity index (χ4v) is 1.75. The van der Waals surface area contributed by atoms with Crippen LogP contribution in [0.4, 0.5) is 11.6 Å². The number of hydrogen-bond donors (Lipinski definition) is 2. The van der Waals surface area contributed by atoms with Gasteiger partial charge in [-0.15, -0.1) is 0 Å². The van der Waals surface area contributed by atoms with Crippen LogP contribution in [-0.2, 0) is 19.7 Å². The van der Waals surface area contributed by atoms with E-state index in [1.807, 2.05) is 0 Å². The number of nitrogen functional groups attached to an aromatic ring is 2. The molecule has 0 aliphatic rings. The lowest BCUT2D eigenvalue weighted by atomic mass is 9.79. The zero-order valence-electron chi connectivity index (χ0n) is 10.8. The predicted molar refractivity (Wildman–Crippen MR) is 65.6 cm³/mol. The van der Waals surface area contributed by atoms with E-state index in [2.05, 4.69) is 14.7 Å². The van der Waals surface area contributed by atoms with Crippen LogP contribution in [0.5, 0.6) is 0 Å². The van der Waals surface area contributed by atoms with Crippen LogP contribution < -0.4 is 11.5 Å². The molecule has 0 bridgehead atoms. The van der Waals surface area contributed by atoms with Crippen molar-refractivity contribution in [2.75, 3.05) is 18.6 Å². The lowest BCUT2D eigenvalue weighted by Gasteiger charge is -2.25. The maximum absolute atomic E-state index is 11.9. The Balaban J connectivity index is 3.59. The van der Waals surface area contributed by atoms with Gasteiger partial charge in [-0.2, -0.15) is 0 Å². The van der Waals surface area contributed by atoms with E-state index < -0.39 is 17.2 Å². The smallest absolute Gasteiger partial charge is 0.323 e. The van der Waals surface area contributed by atoms with Gasteiger partial charge in [-0.05, 0) is 20.8 Å². The van der Waals surface area contributed by atoms with Gasteiger partial charge >= 0.3 is 5.97 Å². The van der Waals surface area contributed by atoms with Gasteiger partial charge in [-0.25, -0.2) is 9.97 Å². The van der Waals surface area contributed by atoms with Gasteiger partial charge < -0.3 is 16.2 Å². The molecule has 0 spiro atoms. The van der Waals surface area contributed by atoms with E-state index in [1.165, 1.54) is 21.0 Å². The van der Waals surface area contributed by atoms with Crippen molar-refractivity contribution < 1.29 is 14.3 Å². The van der Waals surface area contributed by atoms with Crippen LogP contribution in [-0.4, -0.2) is 28.8 Å². The Bertz CT molecular complexity index is 492. The third kappa shape index (κ3) is 1.99. The summed E-state index contributed by atoms with van der Waals surface area (Å²) in [6, 6.07) is 0. The Morgan fingerprint density at radius 1 is 1.22 bits per heavy atom. The fourth-order valence-electron chi connectivity index (χ4n) is 1.75. The first-order valence-electron chi connectivity index (χ1n) is 5.24. The first-order chi connectivity index (χ1) is 8.25. The second-order valence-corrected chi connectivity index (χ2v) is 4.09. The lowest BCUT2D eigenvalue weighted by molar-refractivity contribution is -0.150. The quantitative estimate of drug-likeness (QED) is 0.572. The largest absolute Gasteiger partial charge is 0.468 e. The first-order valence-corrected chi connectivity index (χ1v) is 5.24. The zero-order valence-corrected chi connectivity index (χ0v) is 10.8. The van der Waals surface area contributed by atoms with Gasteiger partial charge in [0.25, 0.3) is 0 Å². The number of carbonyl (C=O) groups is 2. The number of aryl methyl sites for hydroxylation is 1. The fraction of sp³-hybridized carbons (Fsp3) is 0.455. The van der Waals surface area contributed by atoms with Crippen LogP contribution in [0.15, 0.2) is 0 Å². The molecule has 1 atom stereocenters. The zero-order chi connectivity index (χ0) is 14.1. The molecule has 0 fully saturated rings. The summed E-state index contributed by atoms with van der Waals surface area (Å²) in [5.41, 5.74) is 9.98. The second-order valence-electron chi connectivity index (χ2n) is 4.09. The van der Waals surface area contributed by atoms with Crippen molar-refractivity contribution in [1.82, 2.24) is 9.97 Å². The Morgan fingerprint density at radius 3 is 2.00 bits per heavy atom. The molecule has 0 saturated carbocycles. The van der Waals surface area contributed by atoms with E-state index in [-0.39, 0.29) is 17.2 Å². The summed E-state index contributed by atoms with van der Waals surface area (Å²) >= 11 is 0. The van der Waals surface area contributed by atoms with Crippen LogP contribution in [0, 0.1) is 6.92 Å². The number of Topliss-reactive ketones (excluding diaryl/α,β-unsaturated/α-hetero) is 1. The number of ketones is 1. The molecule has 1 unspecified atom stereocenters. The van der Waals surface area contributed by atoms with Crippen LogP contribution in [0.2, 0.25) is 0 Å². The highest BCUT2D eigenvalue weighted by Crippen LogP contribution is 2.33. The van der Waals surface area contributed by atoms with Crippen LogP contribution in [0.3, 0.4) is 0 Å². The highest BCUT2D eigenvalue weighted by Gasteiger charge is 2.45. The number of hydrogen-bond acceptors (Lipinski definition) is 7. The summed E-state index contributed by atoms with van der Waals surface area (Å²) in [4.78, 5) is 31.5. The third-order valence-corrected chi connectivity index (χ3v) is 2.87. The summed E-state index contributed by atoms with van der Waals surface area (Å²) in [5, 5.41) is 0. The number of ether oxygens (including phenoxy) is 1. The second kappa shape index (κ2) is 4.59. The molecule has 18 heavy (non-hydrogen) atoms. The normalized spacial score (nSPS) is 13.8. The van der Waals surface area contributed by atoms with Crippen molar-refractivity contribution in [3.8, 4) is 0 Å². The Hall–Kier alpha value is -2.18. The minimum atomic E-state index is -1.60. The van der Waals surface area contributed by atoms with Crippen molar-refractivity contribution in [1.29, 1.82) is 0 Å². The summed E-state index contributed by atoms with van der Waals surface area (Å²) < 4.78 is 4.64. The van der Waals surface area contributed by atoms with Gasteiger partial charge in [0, 0.05) is 0 Å². The molecule has 7 heteroatoms. The number of rotatable bonds is 3. The topological polar surface area (TPSA) is 121 Å². The molecule has 0 radical (unpaired) electrons. The van der Waals surface area contributed by atoms with Crippen molar-refractivity contribution in [2.45, 2.75) is 26.2 Å². The Morgan fingerprint density at radius 2 is 1.67 bits per heavy atom. The molecule has 0 amide bonds. The highest BCUT2D eigenvalue weighted by molar-refractivity contribution is 6.10. The number of nitrogens with two attached hydrogens (primary N) is 2. The molecule has 1 rings (SSSR count). The van der Waals surface area contributed by atoms with Gasteiger partial charge in [-0.3, -0.25) is 9.59 Å². The number of methoxy groups -OCH3 is 1. The molecule has 4 N–H and O–H groups in total. The van der Waals surface area contributed by atoms with Crippen LogP contribution in [0.1, 0.15) is 25.2 Å². The monoisotopic (exact) mass is 252 g/mol. The van der Waals surface area contributed by atoms with Gasteiger partial charge in [0.05, 0.1) is 12.7 Å². The van der Waals surface area contributed by atoms with Gasteiger partial charge in [0.2, 0.25) is 0 Å². The molecule has 98 valence electrons. The molecule has 1 aromatic heterocycles. The maximum Gasteiger partial charge on any atom is 0.323 e. The average molecular weight is 252 g/mol. The summed E-state index contributed by atoms with van der Waals surface area (Å²) in [6.07, 6.45) is 0.